The Morgan fingerprint density at radius 3 is 2.34 bits per heavy atom. The van der Waals surface area contributed by atoms with Gasteiger partial charge < -0.3 is 14.4 Å². The van der Waals surface area contributed by atoms with E-state index in [0.29, 0.717) is 39.0 Å². The SMILES string of the molecule is COC(=O)C1CCN(C(=O)COC(=O)c2ccc(Cl)c(S(=O)(=O)N3CCCCC3)c2)CC1. The van der Waals surface area contributed by atoms with Crippen molar-refractivity contribution in [2.45, 2.75) is 37.0 Å². The Morgan fingerprint density at radius 1 is 1.06 bits per heavy atom. The lowest BCUT2D eigenvalue weighted by Gasteiger charge is -2.30. The topological polar surface area (TPSA) is 110 Å². The fourth-order valence-corrected chi connectivity index (χ4v) is 5.92. The second-order valence-electron chi connectivity index (χ2n) is 7.86. The Labute approximate surface area is 192 Å². The summed E-state index contributed by atoms with van der Waals surface area (Å²) in [5.74, 6) is -1.71. The third-order valence-corrected chi connectivity index (χ3v) is 8.19. The van der Waals surface area contributed by atoms with Gasteiger partial charge in [0, 0.05) is 26.2 Å². The number of benzene rings is 1. The number of rotatable bonds is 6. The van der Waals surface area contributed by atoms with Crippen molar-refractivity contribution in [2.24, 2.45) is 5.92 Å². The average Bonchev–Trinajstić information content (AvgIpc) is 2.82. The molecule has 0 N–H and O–H groups in total. The first-order valence-corrected chi connectivity index (χ1v) is 12.4. The molecule has 11 heteroatoms. The highest BCUT2D eigenvalue weighted by molar-refractivity contribution is 7.89. The van der Waals surface area contributed by atoms with E-state index in [1.165, 1.54) is 34.5 Å². The van der Waals surface area contributed by atoms with E-state index in [4.69, 9.17) is 21.1 Å². The zero-order valence-corrected chi connectivity index (χ0v) is 19.5. The van der Waals surface area contributed by atoms with Crippen LogP contribution in [0, 0.1) is 5.92 Å². The third kappa shape index (κ3) is 5.60. The quantitative estimate of drug-likeness (QED) is 0.566. The lowest BCUT2D eigenvalue weighted by molar-refractivity contribution is -0.149. The normalized spacial score (nSPS) is 18.2. The van der Waals surface area contributed by atoms with Crippen LogP contribution in [0.15, 0.2) is 23.1 Å². The second kappa shape index (κ2) is 10.6. The van der Waals surface area contributed by atoms with Crippen LogP contribution in [0.1, 0.15) is 42.5 Å². The summed E-state index contributed by atoms with van der Waals surface area (Å²) in [4.78, 5) is 37.8. The van der Waals surface area contributed by atoms with Crippen molar-refractivity contribution < 1.29 is 32.3 Å². The molecule has 2 fully saturated rings. The number of likely N-dealkylation sites (tertiary alicyclic amines) is 1. The molecule has 0 saturated carbocycles. The number of halogens is 1. The summed E-state index contributed by atoms with van der Waals surface area (Å²) in [5, 5.41) is 0.0247. The van der Waals surface area contributed by atoms with Crippen LogP contribution in [0.2, 0.25) is 5.02 Å². The number of nitrogens with zero attached hydrogens (tertiary/aromatic N) is 2. The Balaban J connectivity index is 1.60. The lowest BCUT2D eigenvalue weighted by Crippen LogP contribution is -2.42. The van der Waals surface area contributed by atoms with Gasteiger partial charge >= 0.3 is 11.9 Å². The van der Waals surface area contributed by atoms with E-state index in [1.54, 1.807) is 0 Å². The zero-order valence-electron chi connectivity index (χ0n) is 17.9. The molecule has 1 aromatic carbocycles. The Morgan fingerprint density at radius 2 is 1.72 bits per heavy atom. The lowest BCUT2D eigenvalue weighted by atomic mass is 9.97. The van der Waals surface area contributed by atoms with Crippen LogP contribution in [0.5, 0.6) is 0 Å². The summed E-state index contributed by atoms with van der Waals surface area (Å²) < 4.78 is 37.1. The number of methoxy groups -OCH3 is 1. The van der Waals surface area contributed by atoms with Gasteiger partial charge in [0.05, 0.1) is 23.6 Å². The molecule has 2 saturated heterocycles. The maximum atomic E-state index is 12.9. The van der Waals surface area contributed by atoms with Crippen molar-refractivity contribution in [3.63, 3.8) is 0 Å². The molecule has 176 valence electrons. The van der Waals surface area contributed by atoms with Crippen molar-refractivity contribution >= 4 is 39.5 Å². The Bertz CT molecular complexity index is 968. The Hall–Kier alpha value is -2.17. The molecule has 0 atom stereocenters. The molecule has 0 radical (unpaired) electrons. The van der Waals surface area contributed by atoms with E-state index in [0.717, 1.165) is 19.3 Å². The summed E-state index contributed by atoms with van der Waals surface area (Å²) in [6, 6.07) is 3.90. The van der Waals surface area contributed by atoms with E-state index < -0.39 is 22.6 Å². The van der Waals surface area contributed by atoms with Crippen molar-refractivity contribution in [1.29, 1.82) is 0 Å². The zero-order chi connectivity index (χ0) is 23.3. The van der Waals surface area contributed by atoms with Crippen LogP contribution in [0.25, 0.3) is 0 Å². The summed E-state index contributed by atoms with van der Waals surface area (Å²) in [6.45, 7) is 1.09. The van der Waals surface area contributed by atoms with Gasteiger partial charge in [-0.2, -0.15) is 4.31 Å². The van der Waals surface area contributed by atoms with E-state index in [-0.39, 0.29) is 33.3 Å². The first kappa shape index (κ1) is 24.5. The average molecular weight is 487 g/mol. The van der Waals surface area contributed by atoms with Crippen LogP contribution in [0.4, 0.5) is 0 Å². The van der Waals surface area contributed by atoms with E-state index >= 15 is 0 Å². The molecule has 0 aliphatic carbocycles. The van der Waals surface area contributed by atoms with Crippen LogP contribution in [-0.2, 0) is 29.1 Å². The van der Waals surface area contributed by atoms with Gasteiger partial charge in [-0.15, -0.1) is 0 Å². The maximum Gasteiger partial charge on any atom is 0.338 e. The molecule has 1 amide bonds. The molecule has 32 heavy (non-hydrogen) atoms. The molecule has 0 unspecified atom stereocenters. The van der Waals surface area contributed by atoms with Gasteiger partial charge in [0.25, 0.3) is 5.91 Å². The number of amides is 1. The molecule has 0 spiro atoms. The molecular formula is C21H27ClN2O7S. The fraction of sp³-hybridized carbons (Fsp3) is 0.571. The molecular weight excluding hydrogens is 460 g/mol. The van der Waals surface area contributed by atoms with Gasteiger partial charge in [-0.1, -0.05) is 18.0 Å². The molecule has 0 aromatic heterocycles. The summed E-state index contributed by atoms with van der Waals surface area (Å²) >= 11 is 6.13. The summed E-state index contributed by atoms with van der Waals surface area (Å²) in [7, 11) is -2.50. The minimum atomic E-state index is -3.83. The van der Waals surface area contributed by atoms with Gasteiger partial charge in [0.1, 0.15) is 4.90 Å². The fourth-order valence-electron chi connectivity index (χ4n) is 3.91. The largest absolute Gasteiger partial charge is 0.469 e. The minimum Gasteiger partial charge on any atom is -0.469 e. The predicted octanol–water partition coefficient (Wildman–Crippen LogP) is 2.08. The molecule has 9 nitrogen and oxygen atoms in total. The van der Waals surface area contributed by atoms with Crippen molar-refractivity contribution in [1.82, 2.24) is 9.21 Å². The first-order valence-electron chi connectivity index (χ1n) is 10.6. The smallest absolute Gasteiger partial charge is 0.338 e. The highest BCUT2D eigenvalue weighted by Gasteiger charge is 2.30. The number of piperidine rings is 2. The van der Waals surface area contributed by atoms with E-state index in [1.807, 2.05) is 0 Å². The highest BCUT2D eigenvalue weighted by Crippen LogP contribution is 2.28. The summed E-state index contributed by atoms with van der Waals surface area (Å²) in [6.07, 6.45) is 3.50. The van der Waals surface area contributed by atoms with Gasteiger partial charge in [-0.25, -0.2) is 13.2 Å². The standard InChI is InChI=1S/C21H27ClN2O7S/c1-30-20(26)15-7-11-23(12-8-15)19(25)14-31-21(27)16-5-6-17(22)18(13-16)32(28,29)24-9-3-2-4-10-24/h5-6,13,15H,2-4,7-12,14H2,1H3. The van der Waals surface area contributed by atoms with Gasteiger partial charge in [-0.3, -0.25) is 9.59 Å². The van der Waals surface area contributed by atoms with Gasteiger partial charge in [0.2, 0.25) is 10.0 Å². The first-order chi connectivity index (χ1) is 15.2. The molecule has 3 rings (SSSR count). The van der Waals surface area contributed by atoms with Gasteiger partial charge in [0.15, 0.2) is 6.61 Å². The van der Waals surface area contributed by atoms with Crippen molar-refractivity contribution in [3.8, 4) is 0 Å². The van der Waals surface area contributed by atoms with Crippen LogP contribution >= 0.6 is 11.6 Å². The van der Waals surface area contributed by atoms with Gasteiger partial charge in [-0.05, 0) is 43.9 Å². The molecule has 2 heterocycles. The van der Waals surface area contributed by atoms with Crippen LogP contribution in [-0.4, -0.2) is 75.4 Å². The molecule has 2 aliphatic heterocycles. The highest BCUT2D eigenvalue weighted by atomic mass is 35.5. The number of sulfonamides is 1. The number of carbonyl (C=O) groups is 3. The number of ether oxygens (including phenoxy) is 2. The van der Waals surface area contributed by atoms with Crippen molar-refractivity contribution in [2.75, 3.05) is 39.9 Å². The number of carbonyl (C=O) groups excluding carboxylic acids is 3. The number of hydrogen-bond acceptors (Lipinski definition) is 7. The predicted molar refractivity (Wildman–Crippen MR) is 116 cm³/mol. The number of hydrogen-bond donors (Lipinski definition) is 0. The second-order valence-corrected chi connectivity index (χ2v) is 10.2. The van der Waals surface area contributed by atoms with E-state index in [9.17, 15) is 22.8 Å². The monoisotopic (exact) mass is 486 g/mol. The van der Waals surface area contributed by atoms with Crippen LogP contribution < -0.4 is 0 Å². The van der Waals surface area contributed by atoms with Crippen molar-refractivity contribution in [3.05, 3.63) is 28.8 Å². The minimum absolute atomic E-state index is 0.00202. The summed E-state index contributed by atoms with van der Waals surface area (Å²) in [5.41, 5.74) is 0.00202. The van der Waals surface area contributed by atoms with E-state index in [2.05, 4.69) is 0 Å². The third-order valence-electron chi connectivity index (χ3n) is 5.81. The Kier molecular flexibility index (Phi) is 8.13. The maximum absolute atomic E-state index is 12.9. The molecule has 2 aliphatic rings. The number of esters is 2. The molecule has 1 aromatic rings. The van der Waals surface area contributed by atoms with Crippen LogP contribution in [0.3, 0.4) is 0 Å². The molecule has 0 bridgehead atoms.